The second kappa shape index (κ2) is 4.17. The van der Waals surface area contributed by atoms with Crippen molar-refractivity contribution in [1.82, 2.24) is 0 Å². The van der Waals surface area contributed by atoms with E-state index in [1.54, 1.807) is 12.1 Å². The van der Waals surface area contributed by atoms with Crippen molar-refractivity contribution in [3.63, 3.8) is 0 Å². The molecule has 0 aliphatic rings. The lowest BCUT2D eigenvalue weighted by Crippen LogP contribution is -2.09. The zero-order valence-electron chi connectivity index (χ0n) is 8.37. The SMILES string of the molecule is CCC(C)Oc1cc(C)cc(O)c1. The second-order valence-corrected chi connectivity index (χ2v) is 3.34. The lowest BCUT2D eigenvalue weighted by Gasteiger charge is -2.13. The number of rotatable bonds is 3. The lowest BCUT2D eigenvalue weighted by atomic mass is 10.2. The number of aromatic hydroxyl groups is 1. The molecule has 1 unspecified atom stereocenters. The van der Waals surface area contributed by atoms with Crippen molar-refractivity contribution in [2.45, 2.75) is 33.3 Å². The van der Waals surface area contributed by atoms with Gasteiger partial charge in [0.1, 0.15) is 11.5 Å². The fourth-order valence-electron chi connectivity index (χ4n) is 1.11. The molecule has 0 heterocycles. The van der Waals surface area contributed by atoms with Gasteiger partial charge in [-0.15, -0.1) is 0 Å². The summed E-state index contributed by atoms with van der Waals surface area (Å²) in [5, 5.41) is 9.30. The lowest BCUT2D eigenvalue weighted by molar-refractivity contribution is 0.216. The highest BCUT2D eigenvalue weighted by atomic mass is 16.5. The average Bonchev–Trinajstić information content (AvgIpc) is 2.02. The summed E-state index contributed by atoms with van der Waals surface area (Å²) < 4.78 is 5.57. The molecule has 72 valence electrons. The van der Waals surface area contributed by atoms with Crippen LogP contribution in [0.1, 0.15) is 25.8 Å². The van der Waals surface area contributed by atoms with Crippen molar-refractivity contribution in [2.24, 2.45) is 0 Å². The number of phenols is 1. The molecule has 13 heavy (non-hydrogen) atoms. The van der Waals surface area contributed by atoms with Crippen LogP contribution in [0.15, 0.2) is 18.2 Å². The molecule has 1 N–H and O–H groups in total. The third-order valence-electron chi connectivity index (χ3n) is 1.95. The molecular weight excluding hydrogens is 164 g/mol. The Morgan fingerprint density at radius 3 is 2.62 bits per heavy atom. The van der Waals surface area contributed by atoms with Gasteiger partial charge in [-0.05, 0) is 38.0 Å². The molecule has 1 aromatic rings. The predicted molar refractivity (Wildman–Crippen MR) is 53.2 cm³/mol. The molecular formula is C11H16O2. The van der Waals surface area contributed by atoms with E-state index in [-0.39, 0.29) is 11.9 Å². The smallest absolute Gasteiger partial charge is 0.123 e. The largest absolute Gasteiger partial charge is 0.508 e. The van der Waals surface area contributed by atoms with Crippen molar-refractivity contribution in [1.29, 1.82) is 0 Å². The van der Waals surface area contributed by atoms with Gasteiger partial charge in [0.25, 0.3) is 0 Å². The molecule has 1 rings (SSSR count). The maximum absolute atomic E-state index is 9.30. The summed E-state index contributed by atoms with van der Waals surface area (Å²) in [6.07, 6.45) is 1.16. The molecule has 0 aromatic heterocycles. The zero-order chi connectivity index (χ0) is 9.84. The maximum atomic E-state index is 9.30. The van der Waals surface area contributed by atoms with Crippen molar-refractivity contribution in [3.05, 3.63) is 23.8 Å². The van der Waals surface area contributed by atoms with Crippen LogP contribution in [-0.4, -0.2) is 11.2 Å². The van der Waals surface area contributed by atoms with E-state index in [0.717, 1.165) is 17.7 Å². The monoisotopic (exact) mass is 180 g/mol. The van der Waals surface area contributed by atoms with E-state index in [9.17, 15) is 5.11 Å². The first kappa shape index (κ1) is 9.90. The van der Waals surface area contributed by atoms with Crippen LogP contribution >= 0.6 is 0 Å². The van der Waals surface area contributed by atoms with Crippen LogP contribution in [0, 0.1) is 6.92 Å². The highest BCUT2D eigenvalue weighted by Gasteiger charge is 2.02. The topological polar surface area (TPSA) is 29.5 Å². The Morgan fingerprint density at radius 2 is 2.08 bits per heavy atom. The van der Waals surface area contributed by atoms with E-state index in [4.69, 9.17) is 4.74 Å². The summed E-state index contributed by atoms with van der Waals surface area (Å²) in [4.78, 5) is 0. The van der Waals surface area contributed by atoms with Gasteiger partial charge in [-0.3, -0.25) is 0 Å². The van der Waals surface area contributed by atoms with Crippen LogP contribution < -0.4 is 4.74 Å². The van der Waals surface area contributed by atoms with Gasteiger partial charge in [-0.1, -0.05) is 6.92 Å². The van der Waals surface area contributed by atoms with Crippen LogP contribution in [0.4, 0.5) is 0 Å². The fraction of sp³-hybridized carbons (Fsp3) is 0.455. The summed E-state index contributed by atoms with van der Waals surface area (Å²) in [6.45, 7) is 6.02. The Kier molecular flexibility index (Phi) is 3.18. The van der Waals surface area contributed by atoms with Crippen molar-refractivity contribution < 1.29 is 9.84 Å². The van der Waals surface area contributed by atoms with Crippen molar-refractivity contribution in [2.75, 3.05) is 0 Å². The van der Waals surface area contributed by atoms with Crippen molar-refractivity contribution >= 4 is 0 Å². The quantitative estimate of drug-likeness (QED) is 0.775. The highest BCUT2D eigenvalue weighted by Crippen LogP contribution is 2.22. The first-order valence-electron chi connectivity index (χ1n) is 4.59. The Balaban J connectivity index is 2.77. The van der Waals surface area contributed by atoms with E-state index >= 15 is 0 Å². The molecule has 1 aromatic carbocycles. The molecule has 0 amide bonds. The van der Waals surface area contributed by atoms with E-state index in [2.05, 4.69) is 6.92 Å². The van der Waals surface area contributed by atoms with E-state index in [1.807, 2.05) is 19.9 Å². The van der Waals surface area contributed by atoms with Gasteiger partial charge in [-0.25, -0.2) is 0 Å². The number of benzene rings is 1. The van der Waals surface area contributed by atoms with Gasteiger partial charge < -0.3 is 9.84 Å². The number of ether oxygens (including phenoxy) is 1. The predicted octanol–water partition coefficient (Wildman–Crippen LogP) is 2.88. The molecule has 0 radical (unpaired) electrons. The van der Waals surface area contributed by atoms with E-state index in [1.165, 1.54) is 0 Å². The van der Waals surface area contributed by atoms with Gasteiger partial charge in [0, 0.05) is 6.07 Å². The molecule has 2 nitrogen and oxygen atoms in total. The van der Waals surface area contributed by atoms with E-state index < -0.39 is 0 Å². The average molecular weight is 180 g/mol. The van der Waals surface area contributed by atoms with Crippen LogP contribution in [0.25, 0.3) is 0 Å². The molecule has 0 spiro atoms. The van der Waals surface area contributed by atoms with Crippen LogP contribution in [0.2, 0.25) is 0 Å². The minimum Gasteiger partial charge on any atom is -0.508 e. The van der Waals surface area contributed by atoms with E-state index in [0.29, 0.717) is 0 Å². The van der Waals surface area contributed by atoms with Gasteiger partial charge in [0.15, 0.2) is 0 Å². The normalized spacial score (nSPS) is 12.5. The molecule has 0 aliphatic carbocycles. The van der Waals surface area contributed by atoms with Gasteiger partial charge in [0.2, 0.25) is 0 Å². The Hall–Kier alpha value is -1.18. The highest BCUT2D eigenvalue weighted by molar-refractivity contribution is 5.36. The fourth-order valence-corrected chi connectivity index (χ4v) is 1.11. The van der Waals surface area contributed by atoms with Gasteiger partial charge in [-0.2, -0.15) is 0 Å². The Labute approximate surface area is 79.2 Å². The third-order valence-corrected chi connectivity index (χ3v) is 1.95. The minimum absolute atomic E-state index is 0.196. The van der Waals surface area contributed by atoms with Crippen LogP contribution in [0.3, 0.4) is 0 Å². The molecule has 0 saturated heterocycles. The Morgan fingerprint density at radius 1 is 1.38 bits per heavy atom. The van der Waals surface area contributed by atoms with Gasteiger partial charge in [0.05, 0.1) is 6.10 Å². The molecule has 0 saturated carbocycles. The summed E-state index contributed by atoms with van der Waals surface area (Å²) in [5.74, 6) is 1.00. The van der Waals surface area contributed by atoms with Crippen LogP contribution in [-0.2, 0) is 0 Å². The Bertz CT molecular complexity index is 261. The molecule has 0 fully saturated rings. The summed E-state index contributed by atoms with van der Waals surface area (Å²) >= 11 is 0. The first-order valence-corrected chi connectivity index (χ1v) is 4.59. The number of phenolic OH excluding ortho intramolecular Hbond substituents is 1. The molecule has 1 atom stereocenters. The maximum Gasteiger partial charge on any atom is 0.123 e. The number of aryl methyl sites for hydroxylation is 1. The number of hydrogen-bond donors (Lipinski definition) is 1. The first-order chi connectivity index (χ1) is 6.11. The third kappa shape index (κ3) is 2.98. The summed E-state index contributed by atoms with van der Waals surface area (Å²) in [6, 6.07) is 5.27. The molecule has 2 heteroatoms. The second-order valence-electron chi connectivity index (χ2n) is 3.34. The standard InChI is InChI=1S/C11H16O2/c1-4-9(3)13-11-6-8(2)5-10(12)7-11/h5-7,9,12H,4H2,1-3H3. The molecule has 0 aliphatic heterocycles. The number of hydrogen-bond acceptors (Lipinski definition) is 2. The zero-order valence-corrected chi connectivity index (χ0v) is 8.37. The van der Waals surface area contributed by atoms with Crippen molar-refractivity contribution in [3.8, 4) is 11.5 Å². The minimum atomic E-state index is 0.196. The van der Waals surface area contributed by atoms with Gasteiger partial charge >= 0.3 is 0 Å². The van der Waals surface area contributed by atoms with Crippen LogP contribution in [0.5, 0.6) is 11.5 Å². The molecule has 0 bridgehead atoms. The summed E-state index contributed by atoms with van der Waals surface area (Å²) in [7, 11) is 0. The summed E-state index contributed by atoms with van der Waals surface area (Å²) in [5.41, 5.74) is 1.01.